The van der Waals surface area contributed by atoms with Crippen molar-refractivity contribution in [2.24, 2.45) is 4.99 Å². The maximum atomic E-state index is 4.83. The third kappa shape index (κ3) is 5.96. The van der Waals surface area contributed by atoms with Gasteiger partial charge >= 0.3 is 0 Å². The van der Waals surface area contributed by atoms with E-state index in [-0.39, 0.29) is 0 Å². The molecular weight excluding hydrogens is 286 g/mol. The van der Waals surface area contributed by atoms with Gasteiger partial charge in [-0.05, 0) is 59.2 Å². The van der Waals surface area contributed by atoms with Crippen LogP contribution < -0.4 is 10.6 Å². The molecule has 0 radical (unpaired) electrons. The predicted octanol–water partition coefficient (Wildman–Crippen LogP) is 1.90. The Bertz CT molecular complexity index is 357. The number of nitrogens with zero attached hydrogens (tertiary/aromatic N) is 3. The minimum Gasteiger partial charge on any atom is -0.357 e. The van der Waals surface area contributed by atoms with Crippen molar-refractivity contribution >= 4 is 5.96 Å². The van der Waals surface area contributed by atoms with Gasteiger partial charge in [-0.2, -0.15) is 0 Å². The second kappa shape index (κ2) is 10.1. The van der Waals surface area contributed by atoms with E-state index in [1.807, 2.05) is 0 Å². The first-order valence-electron chi connectivity index (χ1n) is 9.74. The smallest absolute Gasteiger partial charge is 0.191 e. The highest BCUT2D eigenvalue weighted by Crippen LogP contribution is 2.17. The lowest BCUT2D eigenvalue weighted by Crippen LogP contribution is -2.45. The summed E-state index contributed by atoms with van der Waals surface area (Å²) in [6, 6.07) is 1.37. The number of piperidine rings is 1. The van der Waals surface area contributed by atoms with Crippen molar-refractivity contribution in [3.8, 4) is 0 Å². The molecule has 2 N–H and O–H groups in total. The Morgan fingerprint density at radius 1 is 1.04 bits per heavy atom. The summed E-state index contributed by atoms with van der Waals surface area (Å²) >= 11 is 0. The zero-order chi connectivity index (χ0) is 16.5. The van der Waals surface area contributed by atoms with Crippen LogP contribution in [0.4, 0.5) is 0 Å². The molecule has 0 amide bonds. The molecule has 0 aromatic carbocycles. The molecular formula is C18H37N5. The molecule has 2 heterocycles. The molecule has 0 aliphatic carbocycles. The maximum absolute atomic E-state index is 4.83. The van der Waals surface area contributed by atoms with Crippen LogP contribution in [0.5, 0.6) is 0 Å². The summed E-state index contributed by atoms with van der Waals surface area (Å²) in [7, 11) is 0. The Hall–Kier alpha value is -0.810. The number of rotatable bonds is 7. The number of aliphatic imine (C=N–C) groups is 1. The molecule has 2 aliphatic rings. The van der Waals surface area contributed by atoms with Gasteiger partial charge in [0.25, 0.3) is 0 Å². The first-order chi connectivity index (χ1) is 11.2. The summed E-state index contributed by atoms with van der Waals surface area (Å²) in [4.78, 5) is 9.99. The molecule has 2 unspecified atom stereocenters. The van der Waals surface area contributed by atoms with Gasteiger partial charge in [0.2, 0.25) is 0 Å². The molecule has 0 spiro atoms. The Morgan fingerprint density at radius 3 is 2.61 bits per heavy atom. The Balaban J connectivity index is 1.75. The Labute approximate surface area is 142 Å². The zero-order valence-electron chi connectivity index (χ0n) is 15.5. The van der Waals surface area contributed by atoms with Crippen LogP contribution in [0.1, 0.15) is 52.9 Å². The summed E-state index contributed by atoms with van der Waals surface area (Å²) in [5.41, 5.74) is 0. The van der Waals surface area contributed by atoms with Crippen molar-refractivity contribution in [3.05, 3.63) is 0 Å². The monoisotopic (exact) mass is 323 g/mol. The van der Waals surface area contributed by atoms with Crippen molar-refractivity contribution < 1.29 is 0 Å². The van der Waals surface area contributed by atoms with Crippen LogP contribution in [0.3, 0.4) is 0 Å². The number of likely N-dealkylation sites (N-methyl/N-ethyl adjacent to an activating group) is 1. The minimum absolute atomic E-state index is 0.637. The van der Waals surface area contributed by atoms with E-state index < -0.39 is 0 Å². The summed E-state index contributed by atoms with van der Waals surface area (Å²) < 4.78 is 0. The van der Waals surface area contributed by atoms with E-state index in [9.17, 15) is 0 Å². The number of guanidine groups is 1. The highest BCUT2D eigenvalue weighted by molar-refractivity contribution is 5.79. The van der Waals surface area contributed by atoms with E-state index in [1.165, 1.54) is 45.2 Å². The van der Waals surface area contributed by atoms with Gasteiger partial charge < -0.3 is 10.6 Å². The fraction of sp³-hybridized carbons (Fsp3) is 0.944. The number of likely N-dealkylation sites (tertiary alicyclic amines) is 2. The van der Waals surface area contributed by atoms with Crippen LogP contribution in [0.15, 0.2) is 4.99 Å². The van der Waals surface area contributed by atoms with Crippen molar-refractivity contribution in [1.82, 2.24) is 20.4 Å². The van der Waals surface area contributed by atoms with Crippen molar-refractivity contribution in [2.45, 2.75) is 65.0 Å². The van der Waals surface area contributed by atoms with Crippen LogP contribution in [0.2, 0.25) is 0 Å². The van der Waals surface area contributed by atoms with Crippen LogP contribution in [0.25, 0.3) is 0 Å². The van der Waals surface area contributed by atoms with Crippen molar-refractivity contribution in [2.75, 3.05) is 45.8 Å². The van der Waals surface area contributed by atoms with Gasteiger partial charge in [-0.1, -0.05) is 13.3 Å². The average molecular weight is 324 g/mol. The molecule has 2 rings (SSSR count). The van der Waals surface area contributed by atoms with Gasteiger partial charge in [-0.25, -0.2) is 0 Å². The SMILES string of the molecule is CCNC(=NCC1CCCN1CC)NCCN1CCCCC1C. The Morgan fingerprint density at radius 2 is 1.87 bits per heavy atom. The predicted molar refractivity (Wildman–Crippen MR) is 99.1 cm³/mol. The van der Waals surface area contributed by atoms with Gasteiger partial charge in [0.15, 0.2) is 5.96 Å². The molecule has 2 atom stereocenters. The second-order valence-electron chi connectivity index (χ2n) is 6.95. The fourth-order valence-electron chi connectivity index (χ4n) is 3.86. The molecule has 5 nitrogen and oxygen atoms in total. The largest absolute Gasteiger partial charge is 0.357 e. The number of hydrogen-bond acceptors (Lipinski definition) is 3. The third-order valence-corrected chi connectivity index (χ3v) is 5.34. The summed E-state index contributed by atoms with van der Waals surface area (Å²) in [5, 5.41) is 6.91. The quantitative estimate of drug-likeness (QED) is 0.555. The molecule has 2 saturated heterocycles. The molecule has 0 saturated carbocycles. The minimum atomic E-state index is 0.637. The van der Waals surface area contributed by atoms with Crippen molar-refractivity contribution in [1.29, 1.82) is 0 Å². The molecule has 0 bridgehead atoms. The standard InChI is InChI=1S/C18H37N5/c1-4-19-18(21-15-17-10-8-13-22(17)5-2)20-11-14-23-12-7-6-9-16(23)3/h16-17H,4-15H2,1-3H3,(H2,19,20,21). The van der Waals surface area contributed by atoms with E-state index in [4.69, 9.17) is 4.99 Å². The number of nitrogens with one attached hydrogen (secondary N) is 2. The van der Waals surface area contributed by atoms with Gasteiger partial charge in [0.1, 0.15) is 0 Å². The average Bonchev–Trinajstić information content (AvgIpc) is 3.02. The Kier molecular flexibility index (Phi) is 8.17. The molecule has 0 aromatic rings. The summed E-state index contributed by atoms with van der Waals surface area (Å²) in [5.74, 6) is 0.986. The lowest BCUT2D eigenvalue weighted by molar-refractivity contribution is 0.163. The van der Waals surface area contributed by atoms with Crippen LogP contribution in [-0.2, 0) is 0 Å². The van der Waals surface area contributed by atoms with Gasteiger partial charge in [0, 0.05) is 31.7 Å². The lowest BCUT2D eigenvalue weighted by atomic mass is 10.0. The highest BCUT2D eigenvalue weighted by atomic mass is 15.2. The van der Waals surface area contributed by atoms with Gasteiger partial charge in [-0.3, -0.25) is 14.8 Å². The molecule has 134 valence electrons. The first kappa shape index (κ1) is 18.5. The van der Waals surface area contributed by atoms with E-state index in [0.717, 1.165) is 44.7 Å². The van der Waals surface area contributed by atoms with E-state index in [1.54, 1.807) is 0 Å². The highest BCUT2D eigenvalue weighted by Gasteiger charge is 2.22. The molecule has 5 heteroatoms. The van der Waals surface area contributed by atoms with Crippen LogP contribution in [0, 0.1) is 0 Å². The number of hydrogen-bond donors (Lipinski definition) is 2. The fourth-order valence-corrected chi connectivity index (χ4v) is 3.86. The van der Waals surface area contributed by atoms with Crippen molar-refractivity contribution in [3.63, 3.8) is 0 Å². The van der Waals surface area contributed by atoms with Crippen LogP contribution in [-0.4, -0.2) is 73.7 Å². The second-order valence-corrected chi connectivity index (χ2v) is 6.95. The normalized spacial score (nSPS) is 27.3. The van der Waals surface area contributed by atoms with Gasteiger partial charge in [0.05, 0.1) is 6.54 Å². The van der Waals surface area contributed by atoms with Crippen LogP contribution >= 0.6 is 0 Å². The van der Waals surface area contributed by atoms with E-state index in [2.05, 4.69) is 41.2 Å². The lowest BCUT2D eigenvalue weighted by Gasteiger charge is -2.33. The summed E-state index contributed by atoms with van der Waals surface area (Å²) in [6.07, 6.45) is 6.72. The maximum Gasteiger partial charge on any atom is 0.191 e. The molecule has 0 aromatic heterocycles. The summed E-state index contributed by atoms with van der Waals surface area (Å²) in [6.45, 7) is 14.3. The zero-order valence-corrected chi connectivity index (χ0v) is 15.5. The first-order valence-corrected chi connectivity index (χ1v) is 9.74. The van der Waals surface area contributed by atoms with Gasteiger partial charge in [-0.15, -0.1) is 0 Å². The third-order valence-electron chi connectivity index (χ3n) is 5.34. The molecule has 23 heavy (non-hydrogen) atoms. The topological polar surface area (TPSA) is 42.9 Å². The van der Waals surface area contributed by atoms with E-state index in [0.29, 0.717) is 6.04 Å². The van der Waals surface area contributed by atoms with E-state index >= 15 is 0 Å². The molecule has 2 aliphatic heterocycles. The molecule has 2 fully saturated rings.